The molecule has 0 saturated carbocycles. The van der Waals surface area contributed by atoms with Crippen molar-refractivity contribution in [2.45, 2.75) is 24.9 Å². The number of Topliss-reactive ketones (excluding diaryl/α,β-unsaturated/α-hetero) is 1. The molecule has 0 bridgehead atoms. The van der Waals surface area contributed by atoms with Crippen molar-refractivity contribution in [1.29, 1.82) is 0 Å². The lowest BCUT2D eigenvalue weighted by molar-refractivity contribution is 0.102. The molecule has 0 atom stereocenters. The lowest BCUT2D eigenvalue weighted by atomic mass is 10.0. The predicted molar refractivity (Wildman–Crippen MR) is 131 cm³/mol. The van der Waals surface area contributed by atoms with Crippen LogP contribution in [0.1, 0.15) is 35.7 Å². The molecule has 4 aromatic rings. The van der Waals surface area contributed by atoms with Gasteiger partial charge in [-0.05, 0) is 47.9 Å². The Morgan fingerprint density at radius 2 is 1.85 bits per heavy atom. The Hall–Kier alpha value is -3.65. The summed E-state index contributed by atoms with van der Waals surface area (Å²) in [6, 6.07) is 17.4. The summed E-state index contributed by atoms with van der Waals surface area (Å²) in [4.78, 5) is 17.3. The van der Waals surface area contributed by atoms with Gasteiger partial charge in [0.2, 0.25) is 0 Å². The van der Waals surface area contributed by atoms with E-state index in [4.69, 9.17) is 9.47 Å². The highest BCUT2D eigenvalue weighted by atomic mass is 32.2. The number of ketones is 1. The maximum Gasteiger partial charge on any atom is 0.196 e. The van der Waals surface area contributed by atoms with Gasteiger partial charge in [-0.25, -0.2) is 0 Å². The summed E-state index contributed by atoms with van der Waals surface area (Å²) < 4.78 is 13.2. The van der Waals surface area contributed by atoms with Crippen LogP contribution in [0.25, 0.3) is 17.1 Å². The van der Waals surface area contributed by atoms with Gasteiger partial charge in [0.25, 0.3) is 0 Å². The van der Waals surface area contributed by atoms with Gasteiger partial charge < -0.3 is 9.47 Å². The van der Waals surface area contributed by atoms with Crippen molar-refractivity contribution in [2.75, 3.05) is 19.0 Å². The van der Waals surface area contributed by atoms with E-state index in [1.54, 1.807) is 30.6 Å². The van der Waals surface area contributed by atoms with Crippen LogP contribution in [0, 0.1) is 0 Å². The molecule has 0 unspecified atom stereocenters. The maximum absolute atomic E-state index is 13.0. The first-order valence-electron chi connectivity index (χ1n) is 11.1. The van der Waals surface area contributed by atoms with E-state index < -0.39 is 0 Å². The molecule has 7 nitrogen and oxygen atoms in total. The van der Waals surface area contributed by atoms with Crippen LogP contribution in [0.5, 0.6) is 11.5 Å². The van der Waals surface area contributed by atoms with E-state index in [1.807, 2.05) is 28.8 Å². The summed E-state index contributed by atoms with van der Waals surface area (Å²) in [5.41, 5.74) is 3.61. The molecule has 0 fully saturated rings. The molecule has 0 radical (unpaired) electrons. The van der Waals surface area contributed by atoms with Gasteiger partial charge in [-0.3, -0.25) is 14.3 Å². The zero-order chi connectivity index (χ0) is 23.5. The Bertz CT molecular complexity index is 1320. The van der Waals surface area contributed by atoms with Crippen molar-refractivity contribution in [3.63, 3.8) is 0 Å². The van der Waals surface area contributed by atoms with Crippen molar-refractivity contribution in [1.82, 2.24) is 19.7 Å². The van der Waals surface area contributed by atoms with Crippen molar-refractivity contribution in [2.24, 2.45) is 0 Å². The molecule has 1 aliphatic heterocycles. The van der Waals surface area contributed by atoms with E-state index in [0.29, 0.717) is 47.2 Å². The standard InChI is InChI=1S/C26H24N4O3S/c1-17(2)20-7-3-4-8-21(20)30-25(19-6-5-11-27-15-19)28-29-26(30)34-16-22(31)18-9-10-23-24(14-18)33-13-12-32-23/h3-11,14-15,17H,12-13,16H2,1-2H3. The zero-order valence-electron chi connectivity index (χ0n) is 19.0. The number of aromatic nitrogens is 4. The third-order valence-corrected chi connectivity index (χ3v) is 6.48. The van der Waals surface area contributed by atoms with Crippen LogP contribution in [0.3, 0.4) is 0 Å². The smallest absolute Gasteiger partial charge is 0.196 e. The van der Waals surface area contributed by atoms with Gasteiger partial charge in [0.15, 0.2) is 28.3 Å². The molecule has 2 aromatic heterocycles. The summed E-state index contributed by atoms with van der Waals surface area (Å²) >= 11 is 1.37. The molecule has 0 amide bonds. The SMILES string of the molecule is CC(C)c1ccccc1-n1c(SCC(=O)c2ccc3c(c2)OCCO3)nnc1-c1cccnc1. The Morgan fingerprint density at radius 1 is 1.03 bits per heavy atom. The molecule has 0 saturated heterocycles. The molecule has 0 aliphatic carbocycles. The molecule has 3 heterocycles. The Kier molecular flexibility index (Phi) is 6.31. The van der Waals surface area contributed by atoms with E-state index in [1.165, 1.54) is 17.3 Å². The van der Waals surface area contributed by atoms with Gasteiger partial charge in [-0.2, -0.15) is 0 Å². The first-order valence-corrected chi connectivity index (χ1v) is 12.1. The number of ether oxygens (including phenoxy) is 2. The number of pyridine rings is 1. The van der Waals surface area contributed by atoms with Crippen LogP contribution < -0.4 is 9.47 Å². The van der Waals surface area contributed by atoms with E-state index in [-0.39, 0.29) is 11.5 Å². The van der Waals surface area contributed by atoms with Gasteiger partial charge in [-0.15, -0.1) is 10.2 Å². The molecule has 34 heavy (non-hydrogen) atoms. The number of benzene rings is 2. The monoisotopic (exact) mass is 472 g/mol. The second-order valence-electron chi connectivity index (χ2n) is 8.17. The third-order valence-electron chi connectivity index (χ3n) is 5.55. The van der Waals surface area contributed by atoms with Crippen LogP contribution in [-0.4, -0.2) is 44.5 Å². The molecule has 172 valence electrons. The first-order chi connectivity index (χ1) is 16.6. The Morgan fingerprint density at radius 3 is 2.65 bits per heavy atom. The summed E-state index contributed by atoms with van der Waals surface area (Å²) in [7, 11) is 0. The van der Waals surface area contributed by atoms with Crippen molar-refractivity contribution in [3.8, 4) is 28.6 Å². The van der Waals surface area contributed by atoms with Crippen LogP contribution in [-0.2, 0) is 0 Å². The zero-order valence-corrected chi connectivity index (χ0v) is 19.8. The van der Waals surface area contributed by atoms with Crippen LogP contribution >= 0.6 is 11.8 Å². The number of para-hydroxylation sites is 1. The van der Waals surface area contributed by atoms with E-state index in [0.717, 1.165) is 11.3 Å². The number of hydrogen-bond acceptors (Lipinski definition) is 7. The third kappa shape index (κ3) is 4.41. The number of rotatable bonds is 7. The lowest BCUT2D eigenvalue weighted by Crippen LogP contribution is -2.16. The highest BCUT2D eigenvalue weighted by Gasteiger charge is 2.21. The molecular formula is C26H24N4O3S. The second-order valence-corrected chi connectivity index (χ2v) is 9.11. The minimum atomic E-state index is -0.0170. The summed E-state index contributed by atoms with van der Waals surface area (Å²) in [6.45, 7) is 5.31. The summed E-state index contributed by atoms with van der Waals surface area (Å²) in [6.07, 6.45) is 3.50. The fourth-order valence-corrected chi connectivity index (χ4v) is 4.71. The number of fused-ring (bicyclic) bond motifs is 1. The van der Waals surface area contributed by atoms with Gasteiger partial charge >= 0.3 is 0 Å². The largest absolute Gasteiger partial charge is 0.486 e. The number of thioether (sulfide) groups is 1. The van der Waals surface area contributed by atoms with Gasteiger partial charge in [-0.1, -0.05) is 43.8 Å². The Balaban J connectivity index is 1.48. The van der Waals surface area contributed by atoms with Crippen molar-refractivity contribution < 1.29 is 14.3 Å². The second kappa shape index (κ2) is 9.69. The quantitative estimate of drug-likeness (QED) is 0.270. The lowest BCUT2D eigenvalue weighted by Gasteiger charge is -2.18. The molecule has 0 spiro atoms. The van der Waals surface area contributed by atoms with Crippen LogP contribution in [0.15, 0.2) is 72.1 Å². The summed E-state index contributed by atoms with van der Waals surface area (Å²) in [5.74, 6) is 2.47. The van der Waals surface area contributed by atoms with Crippen LogP contribution in [0.2, 0.25) is 0 Å². The minimum absolute atomic E-state index is 0.0170. The van der Waals surface area contributed by atoms with Crippen molar-refractivity contribution in [3.05, 3.63) is 78.1 Å². The van der Waals surface area contributed by atoms with Gasteiger partial charge in [0, 0.05) is 23.5 Å². The highest BCUT2D eigenvalue weighted by Crippen LogP contribution is 2.34. The molecule has 0 N–H and O–H groups in total. The Labute approximate surface area is 202 Å². The molecule has 5 rings (SSSR count). The maximum atomic E-state index is 13.0. The molecule has 2 aromatic carbocycles. The average Bonchev–Trinajstić information content (AvgIpc) is 3.31. The normalized spacial score (nSPS) is 12.7. The van der Waals surface area contributed by atoms with E-state index in [9.17, 15) is 4.79 Å². The highest BCUT2D eigenvalue weighted by molar-refractivity contribution is 7.99. The van der Waals surface area contributed by atoms with Crippen molar-refractivity contribution >= 4 is 17.5 Å². The van der Waals surface area contributed by atoms with E-state index in [2.05, 4.69) is 41.2 Å². The fourth-order valence-electron chi connectivity index (χ4n) is 3.87. The molecule has 8 heteroatoms. The van der Waals surface area contributed by atoms with Gasteiger partial charge in [0.1, 0.15) is 13.2 Å². The fraction of sp³-hybridized carbons (Fsp3) is 0.231. The first kappa shape index (κ1) is 22.2. The van der Waals surface area contributed by atoms with Crippen LogP contribution in [0.4, 0.5) is 0 Å². The molecular weight excluding hydrogens is 448 g/mol. The number of carbonyl (C=O) groups excluding carboxylic acids is 1. The topological polar surface area (TPSA) is 79.1 Å². The predicted octanol–water partition coefficient (Wildman–Crippen LogP) is 5.20. The average molecular weight is 473 g/mol. The number of nitrogens with zero attached hydrogens (tertiary/aromatic N) is 4. The van der Waals surface area contributed by atoms with E-state index >= 15 is 0 Å². The number of carbonyl (C=O) groups is 1. The summed E-state index contributed by atoms with van der Waals surface area (Å²) in [5, 5.41) is 9.58. The number of hydrogen-bond donors (Lipinski definition) is 0. The van der Waals surface area contributed by atoms with Gasteiger partial charge in [0.05, 0.1) is 11.4 Å². The minimum Gasteiger partial charge on any atom is -0.486 e. The molecule has 1 aliphatic rings.